The Morgan fingerprint density at radius 2 is 1.63 bits per heavy atom. The van der Waals surface area contributed by atoms with Gasteiger partial charge in [0.1, 0.15) is 0 Å². The topological polar surface area (TPSA) is 76.3 Å². The molecule has 0 unspecified atom stereocenters. The second kappa shape index (κ2) is 6.50. The summed E-state index contributed by atoms with van der Waals surface area (Å²) in [6.45, 7) is 1.37. The van der Waals surface area contributed by atoms with Crippen molar-refractivity contribution in [2.75, 3.05) is 18.0 Å². The van der Waals surface area contributed by atoms with Gasteiger partial charge in [-0.2, -0.15) is 18.2 Å². The van der Waals surface area contributed by atoms with Crippen LogP contribution in [0.1, 0.15) is 49.2 Å². The molecular weight excluding hydrogens is 383 g/mol. The van der Waals surface area contributed by atoms with E-state index in [0.717, 1.165) is 43.6 Å². The molecule has 10 heteroatoms. The minimum absolute atomic E-state index is 0.197. The highest BCUT2D eigenvalue weighted by molar-refractivity contribution is 7.92. The number of halogens is 3. The summed E-state index contributed by atoms with van der Waals surface area (Å²) < 4.78 is 66.0. The van der Waals surface area contributed by atoms with E-state index in [0.29, 0.717) is 30.6 Å². The van der Waals surface area contributed by atoms with Crippen LogP contribution in [0, 0.1) is 0 Å². The lowest BCUT2D eigenvalue weighted by molar-refractivity contribution is -0.0436. The Morgan fingerprint density at radius 3 is 2.19 bits per heavy atom. The molecule has 2 fully saturated rings. The number of hydrogen-bond acceptors (Lipinski definition) is 6. The van der Waals surface area contributed by atoms with Crippen molar-refractivity contribution in [3.63, 3.8) is 0 Å². The molecule has 2 aliphatic rings. The number of nitrogens with zero attached hydrogens (tertiary/aromatic N) is 3. The average Bonchev–Trinajstić information content (AvgIpc) is 3.38. The predicted octanol–water partition coefficient (Wildman–Crippen LogP) is 3.62. The number of rotatable bonds is 4. The number of alkyl halides is 3. The number of sulfone groups is 1. The maximum absolute atomic E-state index is 12.6. The molecular formula is C17H18F3N3O3S. The summed E-state index contributed by atoms with van der Waals surface area (Å²) in [5, 5.41) is 4.08. The highest BCUT2D eigenvalue weighted by Crippen LogP contribution is 2.40. The molecule has 1 saturated carbocycles. The molecule has 27 heavy (non-hydrogen) atoms. The minimum Gasteiger partial charge on any atom is -0.371 e. The highest BCUT2D eigenvalue weighted by Gasteiger charge is 2.46. The highest BCUT2D eigenvalue weighted by atomic mass is 32.2. The fourth-order valence-electron chi connectivity index (χ4n) is 3.27. The third kappa shape index (κ3) is 3.54. The van der Waals surface area contributed by atoms with Crippen LogP contribution in [0.4, 0.5) is 18.9 Å². The first-order valence-corrected chi connectivity index (χ1v) is 10.2. The zero-order valence-corrected chi connectivity index (χ0v) is 15.1. The van der Waals surface area contributed by atoms with E-state index in [-0.39, 0.29) is 5.92 Å². The largest absolute Gasteiger partial charge is 0.501 e. The molecule has 0 amide bonds. The van der Waals surface area contributed by atoms with E-state index in [1.165, 1.54) is 12.1 Å². The molecule has 1 aliphatic carbocycles. The van der Waals surface area contributed by atoms with Crippen LogP contribution in [0.15, 0.2) is 33.7 Å². The van der Waals surface area contributed by atoms with Crippen molar-refractivity contribution in [1.29, 1.82) is 0 Å². The Hall–Kier alpha value is -2.10. The molecule has 4 rings (SSSR count). The molecule has 146 valence electrons. The standard InChI is InChI=1S/C17H18F3N3O3S/c18-17(19,20)27(24,25)14-5-3-13(4-6-14)23-9-7-11(8-10-23)15-21-16(26-22-15)12-1-2-12/h3-6,11-12H,1-2,7-10H2. The Balaban J connectivity index is 1.40. The fourth-order valence-corrected chi connectivity index (χ4v) is 4.04. The molecule has 1 aliphatic heterocycles. The lowest BCUT2D eigenvalue weighted by atomic mass is 9.96. The van der Waals surface area contributed by atoms with Crippen LogP contribution in [-0.4, -0.2) is 37.2 Å². The van der Waals surface area contributed by atoms with Crippen LogP contribution in [-0.2, 0) is 9.84 Å². The van der Waals surface area contributed by atoms with Gasteiger partial charge in [0.15, 0.2) is 5.82 Å². The van der Waals surface area contributed by atoms with E-state index in [2.05, 4.69) is 10.1 Å². The summed E-state index contributed by atoms with van der Waals surface area (Å²) in [6, 6.07) is 4.84. The van der Waals surface area contributed by atoms with Crippen LogP contribution in [0.3, 0.4) is 0 Å². The predicted molar refractivity (Wildman–Crippen MR) is 90.1 cm³/mol. The van der Waals surface area contributed by atoms with Crippen molar-refractivity contribution in [2.45, 2.75) is 47.9 Å². The number of anilines is 1. The molecule has 0 atom stereocenters. The lowest BCUT2D eigenvalue weighted by Crippen LogP contribution is -2.33. The van der Waals surface area contributed by atoms with Gasteiger partial charge in [0, 0.05) is 30.6 Å². The van der Waals surface area contributed by atoms with E-state index < -0.39 is 20.2 Å². The third-order valence-electron chi connectivity index (χ3n) is 5.06. The zero-order chi connectivity index (χ0) is 19.2. The fraction of sp³-hybridized carbons (Fsp3) is 0.529. The smallest absolute Gasteiger partial charge is 0.371 e. The van der Waals surface area contributed by atoms with Gasteiger partial charge in [-0.25, -0.2) is 8.42 Å². The molecule has 0 bridgehead atoms. The van der Waals surface area contributed by atoms with Crippen LogP contribution in [0.2, 0.25) is 0 Å². The molecule has 1 aromatic carbocycles. The van der Waals surface area contributed by atoms with Gasteiger partial charge in [-0.05, 0) is 49.9 Å². The summed E-state index contributed by atoms with van der Waals surface area (Å²) >= 11 is 0. The normalized spacial score (nSPS) is 19.4. The molecule has 1 aromatic heterocycles. The molecule has 6 nitrogen and oxygen atoms in total. The Morgan fingerprint density at radius 1 is 1.00 bits per heavy atom. The van der Waals surface area contributed by atoms with Gasteiger partial charge in [-0.1, -0.05) is 5.16 Å². The summed E-state index contributed by atoms with van der Waals surface area (Å²) in [4.78, 5) is 5.76. The molecule has 0 N–H and O–H groups in total. The van der Waals surface area contributed by atoms with Crippen molar-refractivity contribution in [3.05, 3.63) is 36.0 Å². The van der Waals surface area contributed by atoms with Crippen molar-refractivity contribution < 1.29 is 26.1 Å². The van der Waals surface area contributed by atoms with Gasteiger partial charge in [0.2, 0.25) is 5.89 Å². The van der Waals surface area contributed by atoms with Gasteiger partial charge >= 0.3 is 5.51 Å². The van der Waals surface area contributed by atoms with Crippen molar-refractivity contribution in [1.82, 2.24) is 10.1 Å². The minimum atomic E-state index is -5.31. The second-order valence-corrected chi connectivity index (χ2v) is 8.91. The molecule has 0 radical (unpaired) electrons. The van der Waals surface area contributed by atoms with Gasteiger partial charge in [0.25, 0.3) is 9.84 Å². The van der Waals surface area contributed by atoms with Gasteiger partial charge in [-0.3, -0.25) is 0 Å². The maximum atomic E-state index is 12.6. The van der Waals surface area contributed by atoms with Crippen LogP contribution >= 0.6 is 0 Å². The number of aromatic nitrogens is 2. The van der Waals surface area contributed by atoms with Crippen LogP contribution in [0.25, 0.3) is 0 Å². The summed E-state index contributed by atoms with van der Waals surface area (Å²) in [6.07, 6.45) is 3.79. The van der Waals surface area contributed by atoms with Gasteiger partial charge < -0.3 is 9.42 Å². The van der Waals surface area contributed by atoms with Crippen LogP contribution in [0.5, 0.6) is 0 Å². The summed E-state index contributed by atoms with van der Waals surface area (Å²) in [7, 11) is -5.31. The molecule has 0 spiro atoms. The summed E-state index contributed by atoms with van der Waals surface area (Å²) in [5.74, 6) is 2.05. The van der Waals surface area contributed by atoms with Crippen LogP contribution < -0.4 is 4.90 Å². The van der Waals surface area contributed by atoms with E-state index in [1.807, 2.05) is 4.90 Å². The van der Waals surface area contributed by atoms with E-state index in [1.54, 1.807) is 0 Å². The van der Waals surface area contributed by atoms with E-state index in [4.69, 9.17) is 4.52 Å². The second-order valence-electron chi connectivity index (χ2n) is 6.97. The average molecular weight is 401 g/mol. The number of piperidine rings is 1. The zero-order valence-electron chi connectivity index (χ0n) is 14.3. The Bertz CT molecular complexity index is 913. The third-order valence-corrected chi connectivity index (χ3v) is 6.56. The quantitative estimate of drug-likeness (QED) is 0.779. The lowest BCUT2D eigenvalue weighted by Gasteiger charge is -2.32. The van der Waals surface area contributed by atoms with Gasteiger partial charge in [-0.15, -0.1) is 0 Å². The Kier molecular flexibility index (Phi) is 4.40. The maximum Gasteiger partial charge on any atom is 0.501 e. The first-order valence-electron chi connectivity index (χ1n) is 8.75. The van der Waals surface area contributed by atoms with Crippen molar-refractivity contribution in [3.8, 4) is 0 Å². The summed E-state index contributed by atoms with van der Waals surface area (Å²) in [5.41, 5.74) is -4.60. The number of benzene rings is 1. The monoisotopic (exact) mass is 401 g/mol. The van der Waals surface area contributed by atoms with E-state index in [9.17, 15) is 21.6 Å². The van der Waals surface area contributed by atoms with Gasteiger partial charge in [0.05, 0.1) is 4.90 Å². The first kappa shape index (κ1) is 18.3. The molecule has 2 aromatic rings. The van der Waals surface area contributed by atoms with E-state index >= 15 is 0 Å². The Labute approximate surface area is 154 Å². The molecule has 1 saturated heterocycles. The van der Waals surface area contributed by atoms with Crippen molar-refractivity contribution >= 4 is 15.5 Å². The number of hydrogen-bond donors (Lipinski definition) is 0. The molecule has 2 heterocycles. The SMILES string of the molecule is O=S(=O)(c1ccc(N2CCC(c3noc(C4CC4)n3)CC2)cc1)C(F)(F)F. The van der Waals surface area contributed by atoms with Crippen molar-refractivity contribution in [2.24, 2.45) is 0 Å². The first-order chi connectivity index (χ1) is 12.8.